The summed E-state index contributed by atoms with van der Waals surface area (Å²) in [6.45, 7) is 7.09. The highest BCUT2D eigenvalue weighted by Crippen LogP contribution is 2.43. The van der Waals surface area contributed by atoms with Gasteiger partial charge in [0.15, 0.2) is 0 Å². The molecule has 0 N–H and O–H groups in total. The molecular formula is C16H27ClN2. The fraction of sp³-hybridized carbons (Fsp3) is 0.812. The first-order valence-corrected chi connectivity index (χ1v) is 7.92. The van der Waals surface area contributed by atoms with E-state index in [1.165, 1.54) is 31.5 Å². The van der Waals surface area contributed by atoms with Crippen molar-refractivity contribution in [3.05, 3.63) is 18.2 Å². The quantitative estimate of drug-likeness (QED) is 0.750. The number of hydrogen-bond donors (Lipinski definition) is 0. The molecule has 1 heterocycles. The van der Waals surface area contributed by atoms with Crippen LogP contribution >= 0.6 is 11.6 Å². The third kappa shape index (κ3) is 3.75. The van der Waals surface area contributed by atoms with E-state index in [0.29, 0.717) is 16.7 Å². The van der Waals surface area contributed by atoms with E-state index < -0.39 is 0 Å². The van der Waals surface area contributed by atoms with Crippen molar-refractivity contribution in [2.75, 3.05) is 0 Å². The molecule has 0 bridgehead atoms. The Kier molecular flexibility index (Phi) is 4.60. The Morgan fingerprint density at radius 1 is 1.37 bits per heavy atom. The van der Waals surface area contributed by atoms with Crippen molar-refractivity contribution in [3.8, 4) is 0 Å². The SMILES string of the molecule is Cn1ccnc1CCC1CC(C(C)(C)C)CCC1Cl. The molecule has 1 aromatic heterocycles. The Morgan fingerprint density at radius 2 is 2.11 bits per heavy atom. The molecule has 0 aliphatic heterocycles. The van der Waals surface area contributed by atoms with Gasteiger partial charge >= 0.3 is 0 Å². The van der Waals surface area contributed by atoms with Gasteiger partial charge in [0.25, 0.3) is 0 Å². The predicted molar refractivity (Wildman–Crippen MR) is 81.5 cm³/mol. The molecule has 0 spiro atoms. The minimum Gasteiger partial charge on any atom is -0.338 e. The molecule has 1 fully saturated rings. The summed E-state index contributed by atoms with van der Waals surface area (Å²) in [4.78, 5) is 4.41. The van der Waals surface area contributed by atoms with Crippen LogP contribution in [-0.2, 0) is 13.5 Å². The van der Waals surface area contributed by atoms with Crippen LogP contribution in [0.5, 0.6) is 0 Å². The van der Waals surface area contributed by atoms with Gasteiger partial charge in [-0.1, -0.05) is 20.8 Å². The standard InChI is InChI=1S/C16H27ClN2/c1-16(2,3)13-6-7-14(17)12(11-13)5-8-15-18-9-10-19(15)4/h9-10,12-14H,5-8,11H2,1-4H3. The van der Waals surface area contributed by atoms with E-state index in [1.54, 1.807) is 0 Å². The number of nitrogens with zero attached hydrogens (tertiary/aromatic N) is 2. The maximum absolute atomic E-state index is 6.55. The molecule has 2 nitrogen and oxygen atoms in total. The fourth-order valence-corrected chi connectivity index (χ4v) is 3.62. The lowest BCUT2D eigenvalue weighted by Crippen LogP contribution is -2.32. The van der Waals surface area contributed by atoms with Crippen molar-refractivity contribution in [3.63, 3.8) is 0 Å². The minimum atomic E-state index is 0.360. The lowest BCUT2D eigenvalue weighted by atomic mass is 9.68. The predicted octanol–water partition coefficient (Wildman–Crippen LogP) is 4.42. The molecule has 19 heavy (non-hydrogen) atoms. The van der Waals surface area contributed by atoms with Gasteiger partial charge in [0, 0.05) is 31.2 Å². The highest BCUT2D eigenvalue weighted by molar-refractivity contribution is 6.20. The molecule has 1 aliphatic rings. The molecule has 0 saturated heterocycles. The number of rotatable bonds is 3. The number of alkyl halides is 1. The zero-order chi connectivity index (χ0) is 14.0. The maximum atomic E-state index is 6.55. The van der Waals surface area contributed by atoms with Crippen LogP contribution in [0.2, 0.25) is 0 Å². The molecule has 3 unspecified atom stereocenters. The van der Waals surface area contributed by atoms with Gasteiger partial charge in [0.05, 0.1) is 0 Å². The van der Waals surface area contributed by atoms with Crippen molar-refractivity contribution in [2.45, 2.75) is 58.3 Å². The van der Waals surface area contributed by atoms with Crippen LogP contribution in [0.25, 0.3) is 0 Å². The van der Waals surface area contributed by atoms with E-state index in [0.717, 1.165) is 12.3 Å². The Bertz CT molecular complexity index is 405. The van der Waals surface area contributed by atoms with Gasteiger partial charge in [0.2, 0.25) is 0 Å². The molecule has 1 aliphatic carbocycles. The van der Waals surface area contributed by atoms with Crippen molar-refractivity contribution >= 4 is 11.6 Å². The largest absolute Gasteiger partial charge is 0.338 e. The zero-order valence-corrected chi connectivity index (χ0v) is 13.5. The Balaban J connectivity index is 1.93. The molecule has 1 saturated carbocycles. The second-order valence-corrected chi connectivity index (χ2v) is 7.71. The van der Waals surface area contributed by atoms with E-state index >= 15 is 0 Å². The minimum absolute atomic E-state index is 0.360. The summed E-state index contributed by atoms with van der Waals surface area (Å²) in [5.74, 6) is 2.65. The lowest BCUT2D eigenvalue weighted by molar-refractivity contribution is 0.140. The zero-order valence-electron chi connectivity index (χ0n) is 12.7. The van der Waals surface area contributed by atoms with E-state index in [9.17, 15) is 0 Å². The first-order chi connectivity index (χ1) is 8.88. The van der Waals surface area contributed by atoms with Crippen LogP contribution in [-0.4, -0.2) is 14.9 Å². The number of aromatic nitrogens is 2. The molecule has 2 rings (SSSR count). The second kappa shape index (κ2) is 5.87. The summed E-state index contributed by atoms with van der Waals surface area (Å²) in [5, 5.41) is 0.360. The summed E-state index contributed by atoms with van der Waals surface area (Å²) in [6.07, 6.45) is 9.87. The topological polar surface area (TPSA) is 17.8 Å². The second-order valence-electron chi connectivity index (χ2n) is 7.15. The monoisotopic (exact) mass is 282 g/mol. The van der Waals surface area contributed by atoms with Gasteiger partial charge in [-0.25, -0.2) is 4.98 Å². The van der Waals surface area contributed by atoms with Gasteiger partial charge in [-0.15, -0.1) is 11.6 Å². The van der Waals surface area contributed by atoms with Crippen LogP contribution in [0.15, 0.2) is 12.4 Å². The summed E-state index contributed by atoms with van der Waals surface area (Å²) >= 11 is 6.55. The Labute approximate surface area is 122 Å². The smallest absolute Gasteiger partial charge is 0.108 e. The summed E-state index contributed by atoms with van der Waals surface area (Å²) in [7, 11) is 2.07. The Morgan fingerprint density at radius 3 is 2.68 bits per heavy atom. The number of imidazole rings is 1. The molecule has 1 aromatic rings. The lowest BCUT2D eigenvalue weighted by Gasteiger charge is -2.40. The summed E-state index contributed by atoms with van der Waals surface area (Å²) < 4.78 is 2.12. The fourth-order valence-electron chi connectivity index (χ4n) is 3.26. The number of halogens is 1. The average molecular weight is 283 g/mol. The van der Waals surface area contributed by atoms with Crippen LogP contribution in [0, 0.1) is 17.3 Å². The van der Waals surface area contributed by atoms with E-state index in [2.05, 4.69) is 37.4 Å². The van der Waals surface area contributed by atoms with Crippen LogP contribution in [0.4, 0.5) is 0 Å². The highest BCUT2D eigenvalue weighted by atomic mass is 35.5. The third-order valence-corrected chi connectivity index (χ3v) is 5.35. The molecule has 3 atom stereocenters. The molecule has 108 valence electrons. The van der Waals surface area contributed by atoms with Crippen LogP contribution in [0.1, 0.15) is 52.3 Å². The first-order valence-electron chi connectivity index (χ1n) is 7.48. The summed E-state index contributed by atoms with van der Waals surface area (Å²) in [5.41, 5.74) is 0.415. The number of hydrogen-bond acceptors (Lipinski definition) is 1. The molecule has 0 amide bonds. The Hall–Kier alpha value is -0.500. The first kappa shape index (κ1) is 14.9. The normalized spacial score (nSPS) is 28.6. The van der Waals surface area contributed by atoms with E-state index in [1.807, 2.05) is 12.4 Å². The van der Waals surface area contributed by atoms with E-state index in [-0.39, 0.29) is 0 Å². The van der Waals surface area contributed by atoms with Gasteiger partial charge in [0.1, 0.15) is 5.82 Å². The van der Waals surface area contributed by atoms with Crippen molar-refractivity contribution in [1.29, 1.82) is 0 Å². The molecule has 3 heteroatoms. The third-order valence-electron chi connectivity index (χ3n) is 4.77. The van der Waals surface area contributed by atoms with Gasteiger partial charge < -0.3 is 4.57 Å². The van der Waals surface area contributed by atoms with Crippen molar-refractivity contribution in [2.24, 2.45) is 24.3 Å². The van der Waals surface area contributed by atoms with Gasteiger partial charge in [-0.2, -0.15) is 0 Å². The molecule has 0 aromatic carbocycles. The molecule has 0 radical (unpaired) electrons. The average Bonchev–Trinajstić information content (AvgIpc) is 2.72. The van der Waals surface area contributed by atoms with Gasteiger partial charge in [-0.05, 0) is 42.9 Å². The summed E-state index contributed by atoms with van der Waals surface area (Å²) in [6, 6.07) is 0. The van der Waals surface area contributed by atoms with Crippen molar-refractivity contribution < 1.29 is 0 Å². The molecular weight excluding hydrogens is 256 g/mol. The van der Waals surface area contributed by atoms with Gasteiger partial charge in [-0.3, -0.25) is 0 Å². The number of aryl methyl sites for hydroxylation is 2. The van der Waals surface area contributed by atoms with Crippen LogP contribution < -0.4 is 0 Å². The highest BCUT2D eigenvalue weighted by Gasteiger charge is 2.34. The van der Waals surface area contributed by atoms with Crippen molar-refractivity contribution in [1.82, 2.24) is 9.55 Å². The maximum Gasteiger partial charge on any atom is 0.108 e. The van der Waals surface area contributed by atoms with Crippen LogP contribution in [0.3, 0.4) is 0 Å². The van der Waals surface area contributed by atoms with E-state index in [4.69, 9.17) is 11.6 Å².